The van der Waals surface area contributed by atoms with Crippen LogP contribution in [0.4, 0.5) is 0 Å². The third kappa shape index (κ3) is 3.25. The van der Waals surface area contributed by atoms with E-state index in [1.807, 2.05) is 54.6 Å². The Balaban J connectivity index is 1.37. The van der Waals surface area contributed by atoms with Crippen LogP contribution >= 0.6 is 0 Å². The molecule has 0 unspecified atom stereocenters. The molecule has 1 heterocycles. The molecular formula is C25H22O4. The fraction of sp³-hybridized carbons (Fsp3) is 0.240. The van der Waals surface area contributed by atoms with Gasteiger partial charge in [0.05, 0.1) is 12.5 Å². The zero-order chi connectivity index (χ0) is 19.8. The first-order chi connectivity index (χ1) is 14.2. The van der Waals surface area contributed by atoms with Crippen molar-refractivity contribution in [2.75, 3.05) is 13.9 Å². The number of hydrogen-bond donors (Lipinski definition) is 0. The summed E-state index contributed by atoms with van der Waals surface area (Å²) >= 11 is 0. The topological polar surface area (TPSA) is 44.8 Å². The molecule has 0 bridgehead atoms. The molecule has 4 heteroatoms. The van der Waals surface area contributed by atoms with E-state index in [1.54, 1.807) is 7.11 Å². The zero-order valence-corrected chi connectivity index (χ0v) is 16.3. The van der Waals surface area contributed by atoms with Crippen molar-refractivity contribution in [3.8, 4) is 28.4 Å². The Morgan fingerprint density at radius 1 is 0.931 bits per heavy atom. The molecule has 0 saturated heterocycles. The summed E-state index contributed by atoms with van der Waals surface area (Å²) in [5.41, 5.74) is 3.91. The molecule has 0 aromatic heterocycles. The normalized spacial score (nSPS) is 15.8. The predicted octanol–water partition coefficient (Wildman–Crippen LogP) is 4.93. The van der Waals surface area contributed by atoms with E-state index in [4.69, 9.17) is 14.2 Å². The van der Waals surface area contributed by atoms with Gasteiger partial charge in [0.15, 0.2) is 11.5 Å². The van der Waals surface area contributed by atoms with Crippen molar-refractivity contribution in [1.29, 1.82) is 0 Å². The third-order valence-corrected chi connectivity index (χ3v) is 5.92. The van der Waals surface area contributed by atoms with E-state index in [0.29, 0.717) is 6.42 Å². The lowest BCUT2D eigenvalue weighted by molar-refractivity contribution is -0.120. The smallest absolute Gasteiger partial charge is 0.231 e. The SMILES string of the molecule is COc1ccc(-c2cccc(CC(=O)C3(c4ccc5c(c4)OCO5)CC3)c2)cc1. The van der Waals surface area contributed by atoms with Gasteiger partial charge in [0, 0.05) is 6.42 Å². The van der Waals surface area contributed by atoms with Crippen LogP contribution < -0.4 is 14.2 Å². The summed E-state index contributed by atoms with van der Waals surface area (Å²) in [6, 6.07) is 22.1. The van der Waals surface area contributed by atoms with Crippen LogP contribution in [0.3, 0.4) is 0 Å². The quantitative estimate of drug-likeness (QED) is 0.602. The Morgan fingerprint density at radius 3 is 2.48 bits per heavy atom. The number of rotatable bonds is 6. The standard InChI is InChI=1S/C25H22O4/c1-27-21-8-5-18(6-9-21)19-4-2-3-17(13-19)14-24(26)25(11-12-25)20-7-10-22-23(15-20)29-16-28-22/h2-10,13,15H,11-12,14,16H2,1H3. The Labute approximate surface area is 170 Å². The molecular weight excluding hydrogens is 364 g/mol. The number of Topliss-reactive ketones (excluding diaryl/α,β-unsaturated/α-hetero) is 1. The highest BCUT2D eigenvalue weighted by molar-refractivity contribution is 5.95. The van der Waals surface area contributed by atoms with Crippen LogP contribution in [0.25, 0.3) is 11.1 Å². The van der Waals surface area contributed by atoms with Crippen LogP contribution in [0.5, 0.6) is 17.2 Å². The van der Waals surface area contributed by atoms with Crippen LogP contribution in [-0.4, -0.2) is 19.7 Å². The monoisotopic (exact) mass is 386 g/mol. The summed E-state index contributed by atoms with van der Waals surface area (Å²) in [7, 11) is 1.66. The summed E-state index contributed by atoms with van der Waals surface area (Å²) in [5.74, 6) is 2.59. The number of benzene rings is 3. The molecule has 0 amide bonds. The highest BCUT2D eigenvalue weighted by Crippen LogP contribution is 2.51. The second kappa shape index (κ2) is 6.96. The van der Waals surface area contributed by atoms with E-state index in [1.165, 1.54) is 0 Å². The highest BCUT2D eigenvalue weighted by Gasteiger charge is 2.50. The fourth-order valence-corrected chi connectivity index (χ4v) is 4.05. The lowest BCUT2D eigenvalue weighted by Gasteiger charge is -2.15. The molecule has 1 aliphatic carbocycles. The fourth-order valence-electron chi connectivity index (χ4n) is 4.05. The van der Waals surface area contributed by atoms with Gasteiger partial charge in [-0.05, 0) is 59.4 Å². The average Bonchev–Trinajstić information content (AvgIpc) is 3.45. The van der Waals surface area contributed by atoms with Gasteiger partial charge in [-0.25, -0.2) is 0 Å². The van der Waals surface area contributed by atoms with Gasteiger partial charge in [0.2, 0.25) is 6.79 Å². The number of ketones is 1. The van der Waals surface area contributed by atoms with Crippen LogP contribution in [0.15, 0.2) is 66.7 Å². The second-order valence-electron chi connectivity index (χ2n) is 7.68. The van der Waals surface area contributed by atoms with Crippen LogP contribution in [0.2, 0.25) is 0 Å². The van der Waals surface area contributed by atoms with Crippen molar-refractivity contribution in [3.63, 3.8) is 0 Å². The first kappa shape index (κ1) is 17.8. The van der Waals surface area contributed by atoms with Gasteiger partial charge in [-0.3, -0.25) is 4.79 Å². The van der Waals surface area contributed by atoms with Crippen molar-refractivity contribution >= 4 is 5.78 Å². The molecule has 5 rings (SSSR count). The maximum atomic E-state index is 13.2. The minimum Gasteiger partial charge on any atom is -0.497 e. The Bertz CT molecular complexity index is 1060. The minimum absolute atomic E-state index is 0.248. The Kier molecular flexibility index (Phi) is 4.27. The first-order valence-electron chi connectivity index (χ1n) is 9.85. The van der Waals surface area contributed by atoms with Crippen LogP contribution in [-0.2, 0) is 16.6 Å². The molecule has 3 aromatic rings. The van der Waals surface area contributed by atoms with Gasteiger partial charge < -0.3 is 14.2 Å². The maximum absolute atomic E-state index is 13.2. The first-order valence-corrected chi connectivity index (χ1v) is 9.85. The molecule has 146 valence electrons. The Morgan fingerprint density at radius 2 is 1.72 bits per heavy atom. The molecule has 4 nitrogen and oxygen atoms in total. The molecule has 0 atom stereocenters. The second-order valence-corrected chi connectivity index (χ2v) is 7.68. The number of carbonyl (C=O) groups is 1. The van der Waals surface area contributed by atoms with Gasteiger partial charge in [-0.1, -0.05) is 42.5 Å². The summed E-state index contributed by atoms with van der Waals surface area (Å²) in [4.78, 5) is 13.2. The van der Waals surface area contributed by atoms with E-state index in [0.717, 1.165) is 52.3 Å². The summed E-state index contributed by atoms with van der Waals surface area (Å²) in [6.45, 7) is 0.248. The van der Waals surface area contributed by atoms with Gasteiger partial charge in [-0.2, -0.15) is 0 Å². The maximum Gasteiger partial charge on any atom is 0.231 e. The minimum atomic E-state index is -0.378. The lowest BCUT2D eigenvalue weighted by atomic mass is 9.87. The lowest BCUT2D eigenvalue weighted by Crippen LogP contribution is -2.22. The molecule has 1 fully saturated rings. The molecule has 0 radical (unpaired) electrons. The number of methoxy groups -OCH3 is 1. The van der Waals surface area contributed by atoms with Crippen molar-refractivity contribution in [2.45, 2.75) is 24.7 Å². The van der Waals surface area contributed by atoms with Gasteiger partial charge in [-0.15, -0.1) is 0 Å². The van der Waals surface area contributed by atoms with E-state index in [-0.39, 0.29) is 18.0 Å². The molecule has 3 aromatic carbocycles. The Hall–Kier alpha value is -3.27. The molecule has 1 aliphatic heterocycles. The summed E-state index contributed by atoms with van der Waals surface area (Å²) in [6.07, 6.45) is 2.21. The molecule has 2 aliphatic rings. The number of fused-ring (bicyclic) bond motifs is 1. The van der Waals surface area contributed by atoms with Gasteiger partial charge >= 0.3 is 0 Å². The van der Waals surface area contributed by atoms with Crippen LogP contribution in [0, 0.1) is 0 Å². The van der Waals surface area contributed by atoms with E-state index < -0.39 is 0 Å². The van der Waals surface area contributed by atoms with E-state index >= 15 is 0 Å². The number of hydrogen-bond acceptors (Lipinski definition) is 4. The summed E-state index contributed by atoms with van der Waals surface area (Å²) in [5, 5.41) is 0. The van der Waals surface area contributed by atoms with E-state index in [9.17, 15) is 4.79 Å². The highest BCUT2D eigenvalue weighted by atomic mass is 16.7. The van der Waals surface area contributed by atoms with Crippen molar-refractivity contribution in [1.82, 2.24) is 0 Å². The molecule has 29 heavy (non-hydrogen) atoms. The van der Waals surface area contributed by atoms with Crippen molar-refractivity contribution < 1.29 is 19.0 Å². The average molecular weight is 386 g/mol. The number of carbonyl (C=O) groups excluding carboxylic acids is 1. The predicted molar refractivity (Wildman–Crippen MR) is 111 cm³/mol. The molecule has 0 spiro atoms. The van der Waals surface area contributed by atoms with E-state index in [2.05, 4.69) is 12.1 Å². The third-order valence-electron chi connectivity index (χ3n) is 5.92. The van der Waals surface area contributed by atoms with Crippen molar-refractivity contribution in [2.24, 2.45) is 0 Å². The van der Waals surface area contributed by atoms with Gasteiger partial charge in [0.1, 0.15) is 11.5 Å². The summed E-state index contributed by atoms with van der Waals surface area (Å²) < 4.78 is 16.1. The van der Waals surface area contributed by atoms with Crippen LogP contribution in [0.1, 0.15) is 24.0 Å². The van der Waals surface area contributed by atoms with Gasteiger partial charge in [0.25, 0.3) is 0 Å². The molecule has 0 N–H and O–H groups in total. The van der Waals surface area contributed by atoms with Crippen molar-refractivity contribution in [3.05, 3.63) is 77.9 Å². The number of ether oxygens (including phenoxy) is 3. The molecule has 1 saturated carbocycles. The zero-order valence-electron chi connectivity index (χ0n) is 16.3. The largest absolute Gasteiger partial charge is 0.497 e.